The predicted octanol–water partition coefficient (Wildman–Crippen LogP) is 5.55. The first-order valence-corrected chi connectivity index (χ1v) is 10.5. The topological polar surface area (TPSA) is 74.6 Å². The van der Waals surface area contributed by atoms with Gasteiger partial charge in [0.25, 0.3) is 5.91 Å². The van der Waals surface area contributed by atoms with Gasteiger partial charge in [0.05, 0.1) is 23.4 Å². The molecule has 1 aromatic heterocycles. The van der Waals surface area contributed by atoms with E-state index in [1.54, 1.807) is 35.4 Å². The van der Waals surface area contributed by atoms with E-state index >= 15 is 0 Å². The Morgan fingerprint density at radius 3 is 2.45 bits per heavy atom. The van der Waals surface area contributed by atoms with E-state index in [4.69, 9.17) is 16.0 Å². The minimum Gasteiger partial charge on any atom is -0.467 e. The van der Waals surface area contributed by atoms with Crippen molar-refractivity contribution in [3.8, 4) is 0 Å². The monoisotopic (exact) mass is 439 g/mol. The Bertz CT molecular complexity index is 1000. The number of carbonyl (C=O) groups is 2. The van der Waals surface area contributed by atoms with Crippen LogP contribution in [0.5, 0.6) is 0 Å². The fourth-order valence-electron chi connectivity index (χ4n) is 2.97. The highest BCUT2D eigenvalue weighted by atomic mass is 35.5. The first-order chi connectivity index (χ1) is 14.9. The number of nitrogens with zero attached hydrogens (tertiary/aromatic N) is 1. The van der Waals surface area contributed by atoms with Crippen LogP contribution in [0.1, 0.15) is 35.5 Å². The average Bonchev–Trinajstić information content (AvgIpc) is 3.25. The lowest BCUT2D eigenvalue weighted by atomic mass is 10.1. The molecular formula is C24H26ClN3O3. The van der Waals surface area contributed by atoms with Gasteiger partial charge in [-0.1, -0.05) is 55.8 Å². The van der Waals surface area contributed by atoms with E-state index in [0.29, 0.717) is 42.6 Å². The van der Waals surface area contributed by atoms with Crippen LogP contribution in [0.25, 0.3) is 0 Å². The first-order valence-electron chi connectivity index (χ1n) is 10.1. The van der Waals surface area contributed by atoms with E-state index in [1.807, 2.05) is 50.2 Å². The summed E-state index contributed by atoms with van der Waals surface area (Å²) in [5, 5.41) is 5.98. The predicted molar refractivity (Wildman–Crippen MR) is 122 cm³/mol. The van der Waals surface area contributed by atoms with Gasteiger partial charge in [0, 0.05) is 18.8 Å². The maximum Gasteiger partial charge on any atom is 0.322 e. The molecule has 3 aromatic rings. The summed E-state index contributed by atoms with van der Waals surface area (Å²) in [6.45, 7) is 5.33. The van der Waals surface area contributed by atoms with E-state index in [1.165, 1.54) is 0 Å². The second kappa shape index (κ2) is 10.7. The van der Waals surface area contributed by atoms with Gasteiger partial charge >= 0.3 is 6.03 Å². The summed E-state index contributed by atoms with van der Waals surface area (Å²) < 4.78 is 5.42. The SMILES string of the molecule is CC(C)CNC(=O)c1ccc(NC(=O)N(Cc2ccccc2)Cc2ccco2)cc1Cl. The van der Waals surface area contributed by atoms with Crippen LogP contribution in [0.3, 0.4) is 0 Å². The van der Waals surface area contributed by atoms with Gasteiger partial charge in [-0.3, -0.25) is 4.79 Å². The van der Waals surface area contributed by atoms with Gasteiger partial charge in [0.15, 0.2) is 0 Å². The van der Waals surface area contributed by atoms with Crippen molar-refractivity contribution in [2.24, 2.45) is 5.92 Å². The molecule has 0 aliphatic heterocycles. The number of hydrogen-bond donors (Lipinski definition) is 2. The molecule has 7 heteroatoms. The minimum atomic E-state index is -0.298. The lowest BCUT2D eigenvalue weighted by molar-refractivity contribution is 0.0949. The molecule has 3 rings (SSSR count). The molecule has 0 fully saturated rings. The number of benzene rings is 2. The van der Waals surface area contributed by atoms with Crippen LogP contribution < -0.4 is 10.6 Å². The number of carbonyl (C=O) groups excluding carboxylic acids is 2. The molecule has 0 saturated heterocycles. The van der Waals surface area contributed by atoms with E-state index in [0.717, 1.165) is 5.56 Å². The zero-order chi connectivity index (χ0) is 22.2. The van der Waals surface area contributed by atoms with Crippen LogP contribution in [0.15, 0.2) is 71.3 Å². The van der Waals surface area contributed by atoms with Crippen molar-refractivity contribution >= 4 is 29.2 Å². The highest BCUT2D eigenvalue weighted by Crippen LogP contribution is 2.22. The molecule has 0 bridgehead atoms. The number of furan rings is 1. The third kappa shape index (κ3) is 6.62. The van der Waals surface area contributed by atoms with Crippen molar-refractivity contribution in [2.45, 2.75) is 26.9 Å². The van der Waals surface area contributed by atoms with Gasteiger partial charge in [-0.2, -0.15) is 0 Å². The molecule has 0 aliphatic rings. The number of anilines is 1. The van der Waals surface area contributed by atoms with E-state index < -0.39 is 0 Å². The largest absolute Gasteiger partial charge is 0.467 e. The zero-order valence-electron chi connectivity index (χ0n) is 17.6. The molecule has 1 heterocycles. The lowest BCUT2D eigenvalue weighted by Crippen LogP contribution is -2.34. The van der Waals surface area contributed by atoms with E-state index in [9.17, 15) is 9.59 Å². The van der Waals surface area contributed by atoms with Gasteiger partial charge in [-0.15, -0.1) is 0 Å². The second-order valence-corrected chi connectivity index (χ2v) is 8.06. The fraction of sp³-hybridized carbons (Fsp3) is 0.250. The smallest absolute Gasteiger partial charge is 0.322 e. The van der Waals surface area contributed by atoms with Gasteiger partial charge in [0.2, 0.25) is 0 Å². The van der Waals surface area contributed by atoms with Gasteiger partial charge in [-0.05, 0) is 41.8 Å². The standard InChI is InChI=1S/C24H26ClN3O3/c1-17(2)14-26-23(29)21-11-10-19(13-22(21)25)27-24(30)28(16-20-9-6-12-31-20)15-18-7-4-3-5-8-18/h3-13,17H,14-16H2,1-2H3,(H,26,29)(H,27,30). The third-order valence-electron chi connectivity index (χ3n) is 4.57. The number of urea groups is 1. The number of rotatable bonds is 8. The summed E-state index contributed by atoms with van der Waals surface area (Å²) in [7, 11) is 0. The Morgan fingerprint density at radius 2 is 1.81 bits per heavy atom. The van der Waals surface area contributed by atoms with Crippen molar-refractivity contribution in [1.82, 2.24) is 10.2 Å². The normalized spacial score (nSPS) is 10.7. The maximum absolute atomic E-state index is 13.0. The van der Waals surface area contributed by atoms with E-state index in [-0.39, 0.29) is 17.0 Å². The zero-order valence-corrected chi connectivity index (χ0v) is 18.4. The molecule has 0 saturated carbocycles. The summed E-state index contributed by atoms with van der Waals surface area (Å²) in [6, 6.07) is 17.9. The number of halogens is 1. The molecule has 31 heavy (non-hydrogen) atoms. The van der Waals surface area contributed by atoms with Gasteiger partial charge < -0.3 is 20.0 Å². The molecule has 0 spiro atoms. The van der Waals surface area contributed by atoms with Crippen LogP contribution in [0, 0.1) is 5.92 Å². The van der Waals surface area contributed by atoms with Gasteiger partial charge in [0.1, 0.15) is 5.76 Å². The Labute approximate surface area is 187 Å². The summed E-state index contributed by atoms with van der Waals surface area (Å²) >= 11 is 6.31. The molecule has 0 radical (unpaired) electrons. The Hall–Kier alpha value is -3.25. The van der Waals surface area contributed by atoms with Gasteiger partial charge in [-0.25, -0.2) is 4.79 Å². The maximum atomic E-state index is 13.0. The first kappa shape index (κ1) is 22.4. The molecule has 162 valence electrons. The number of amides is 3. The molecule has 2 N–H and O–H groups in total. The van der Waals surface area contributed by atoms with Crippen molar-refractivity contribution in [2.75, 3.05) is 11.9 Å². The van der Waals surface area contributed by atoms with Crippen LogP contribution in [-0.2, 0) is 13.1 Å². The van der Waals surface area contributed by atoms with Crippen molar-refractivity contribution < 1.29 is 14.0 Å². The highest BCUT2D eigenvalue weighted by molar-refractivity contribution is 6.34. The summed E-state index contributed by atoms with van der Waals surface area (Å²) in [4.78, 5) is 26.9. The van der Waals surface area contributed by atoms with E-state index in [2.05, 4.69) is 10.6 Å². The molecular weight excluding hydrogens is 414 g/mol. The number of hydrogen-bond acceptors (Lipinski definition) is 3. The Balaban J connectivity index is 1.71. The second-order valence-electron chi connectivity index (χ2n) is 7.65. The van der Waals surface area contributed by atoms with Crippen molar-refractivity contribution in [1.29, 1.82) is 0 Å². The summed E-state index contributed by atoms with van der Waals surface area (Å²) in [5.74, 6) is 0.785. The summed E-state index contributed by atoms with van der Waals surface area (Å²) in [5.41, 5.74) is 1.88. The average molecular weight is 440 g/mol. The quantitative estimate of drug-likeness (QED) is 0.483. The van der Waals surface area contributed by atoms with Crippen LogP contribution in [0.4, 0.5) is 10.5 Å². The Morgan fingerprint density at radius 1 is 1.03 bits per heavy atom. The lowest BCUT2D eigenvalue weighted by Gasteiger charge is -2.22. The van der Waals surface area contributed by atoms with Crippen molar-refractivity contribution in [3.63, 3.8) is 0 Å². The number of nitrogens with one attached hydrogen (secondary N) is 2. The summed E-state index contributed by atoms with van der Waals surface area (Å²) in [6.07, 6.45) is 1.58. The highest BCUT2D eigenvalue weighted by Gasteiger charge is 2.18. The molecule has 0 unspecified atom stereocenters. The van der Waals surface area contributed by atoms with Crippen molar-refractivity contribution in [3.05, 3.63) is 88.8 Å². The Kier molecular flexibility index (Phi) is 7.73. The molecule has 0 aliphatic carbocycles. The molecule has 0 atom stereocenters. The third-order valence-corrected chi connectivity index (χ3v) is 4.88. The molecule has 3 amide bonds. The molecule has 6 nitrogen and oxygen atoms in total. The fourth-order valence-corrected chi connectivity index (χ4v) is 3.23. The van der Waals surface area contributed by atoms with Crippen LogP contribution >= 0.6 is 11.6 Å². The van der Waals surface area contributed by atoms with Crippen LogP contribution in [-0.4, -0.2) is 23.4 Å². The minimum absolute atomic E-state index is 0.236. The molecule has 2 aromatic carbocycles. The van der Waals surface area contributed by atoms with Crippen LogP contribution in [0.2, 0.25) is 5.02 Å².